The van der Waals surface area contributed by atoms with E-state index in [-0.39, 0.29) is 4.87 Å². The Balaban J connectivity index is 3.94. The van der Waals surface area contributed by atoms with E-state index in [1.165, 1.54) is 57.8 Å². The van der Waals surface area contributed by atoms with Crippen molar-refractivity contribution in [1.29, 1.82) is 0 Å². The van der Waals surface area contributed by atoms with Crippen molar-refractivity contribution in [2.45, 2.75) is 102 Å². The number of halogens is 1. The first-order valence-corrected chi connectivity index (χ1v) is 12.5. The summed E-state index contributed by atoms with van der Waals surface area (Å²) in [5.74, 6) is 0.526. The Labute approximate surface area is 163 Å². The molecule has 0 aliphatic carbocycles. The van der Waals surface area contributed by atoms with Crippen LogP contribution in [0.15, 0.2) is 0 Å². The maximum atomic E-state index is 6.84. The van der Waals surface area contributed by atoms with Crippen LogP contribution in [-0.2, 0) is 13.3 Å². The smallest absolute Gasteiger partial charge is 0.377 e. The number of rotatable bonds is 17. The highest BCUT2D eigenvalue weighted by Crippen LogP contribution is 2.35. The van der Waals surface area contributed by atoms with E-state index in [1.54, 1.807) is 21.3 Å². The predicted octanol–water partition coefficient (Wildman–Crippen LogP) is 6.81. The SMILES string of the molecule is CCCCCCCCCCC(C)C(C)(Cl)CCC[Si](OC)(OC)OC. The van der Waals surface area contributed by atoms with Crippen molar-refractivity contribution in [1.82, 2.24) is 0 Å². The van der Waals surface area contributed by atoms with Crippen molar-refractivity contribution in [2.24, 2.45) is 5.92 Å². The fourth-order valence-corrected chi connectivity index (χ4v) is 5.30. The van der Waals surface area contributed by atoms with Crippen LogP contribution >= 0.6 is 11.6 Å². The van der Waals surface area contributed by atoms with Gasteiger partial charge >= 0.3 is 8.80 Å². The summed E-state index contributed by atoms with van der Waals surface area (Å²) in [6.45, 7) is 6.74. The summed E-state index contributed by atoms with van der Waals surface area (Å²) in [6.07, 6.45) is 14.1. The third-order valence-electron chi connectivity index (χ3n) is 5.60. The van der Waals surface area contributed by atoms with Crippen LogP contribution in [0.3, 0.4) is 0 Å². The van der Waals surface area contributed by atoms with Crippen LogP contribution in [0.25, 0.3) is 0 Å². The van der Waals surface area contributed by atoms with Crippen LogP contribution in [0.1, 0.15) is 91.4 Å². The van der Waals surface area contributed by atoms with Gasteiger partial charge in [0.1, 0.15) is 0 Å². The third kappa shape index (κ3) is 11.0. The van der Waals surface area contributed by atoms with E-state index in [2.05, 4.69) is 20.8 Å². The molecule has 0 N–H and O–H groups in total. The molecule has 0 saturated heterocycles. The van der Waals surface area contributed by atoms with Gasteiger partial charge in [0.2, 0.25) is 0 Å². The molecule has 0 aliphatic heterocycles. The molecule has 0 fully saturated rings. The lowest BCUT2D eigenvalue weighted by Gasteiger charge is -2.31. The van der Waals surface area contributed by atoms with Gasteiger partial charge in [-0.2, -0.15) is 0 Å². The maximum Gasteiger partial charge on any atom is 0.500 e. The maximum absolute atomic E-state index is 6.84. The Bertz CT molecular complexity index is 301. The Morgan fingerprint density at radius 2 is 1.32 bits per heavy atom. The van der Waals surface area contributed by atoms with Crippen LogP contribution < -0.4 is 0 Å². The molecule has 0 aromatic rings. The summed E-state index contributed by atoms with van der Waals surface area (Å²) in [6, 6.07) is 0.823. The van der Waals surface area contributed by atoms with Gasteiger partial charge in [-0.3, -0.25) is 0 Å². The molecule has 0 heterocycles. The summed E-state index contributed by atoms with van der Waals surface area (Å²) in [7, 11) is 2.55. The topological polar surface area (TPSA) is 27.7 Å². The minimum atomic E-state index is -2.46. The molecule has 0 aliphatic rings. The minimum Gasteiger partial charge on any atom is -0.377 e. The standard InChI is InChI=1S/C20H43ClO3Si/c1-7-8-9-10-11-12-13-14-16-19(2)20(3,21)17-15-18-25(22-4,23-5)24-6/h19H,7-18H2,1-6H3. The Hall–Kier alpha value is 0.387. The first-order chi connectivity index (χ1) is 11.9. The molecule has 0 aromatic carbocycles. The minimum absolute atomic E-state index is 0.156. The normalized spacial score (nSPS) is 16.0. The lowest BCUT2D eigenvalue weighted by molar-refractivity contribution is 0.122. The average Bonchev–Trinajstić information content (AvgIpc) is 2.61. The van der Waals surface area contributed by atoms with E-state index >= 15 is 0 Å². The van der Waals surface area contributed by atoms with E-state index in [1.807, 2.05) is 0 Å². The zero-order valence-corrected chi connectivity index (χ0v) is 19.4. The van der Waals surface area contributed by atoms with E-state index in [0.29, 0.717) is 5.92 Å². The molecule has 0 bridgehead atoms. The Kier molecular flexibility index (Phi) is 14.7. The molecule has 25 heavy (non-hydrogen) atoms. The molecule has 152 valence electrons. The van der Waals surface area contributed by atoms with Crippen molar-refractivity contribution in [3.8, 4) is 0 Å². The zero-order valence-electron chi connectivity index (χ0n) is 17.7. The largest absolute Gasteiger partial charge is 0.500 e. The van der Waals surface area contributed by atoms with Crippen molar-refractivity contribution in [3.63, 3.8) is 0 Å². The summed E-state index contributed by atoms with van der Waals surface area (Å²) >= 11 is 6.84. The molecular formula is C20H43ClO3Si. The molecule has 0 aromatic heterocycles. The van der Waals surface area contributed by atoms with E-state index < -0.39 is 8.80 Å². The van der Waals surface area contributed by atoms with Crippen molar-refractivity contribution >= 4 is 20.4 Å². The van der Waals surface area contributed by atoms with Gasteiger partial charge in [-0.15, -0.1) is 11.6 Å². The van der Waals surface area contributed by atoms with Gasteiger partial charge in [0.25, 0.3) is 0 Å². The van der Waals surface area contributed by atoms with Gasteiger partial charge in [0.15, 0.2) is 0 Å². The average molecular weight is 395 g/mol. The fourth-order valence-electron chi connectivity index (χ4n) is 3.34. The third-order valence-corrected chi connectivity index (χ3v) is 8.99. The van der Waals surface area contributed by atoms with E-state index in [0.717, 1.165) is 18.9 Å². The lowest BCUT2D eigenvalue weighted by Crippen LogP contribution is -2.43. The first kappa shape index (κ1) is 25.4. The fraction of sp³-hybridized carbons (Fsp3) is 1.00. The molecule has 5 heteroatoms. The van der Waals surface area contributed by atoms with Gasteiger partial charge in [-0.05, 0) is 32.1 Å². The molecule has 0 amide bonds. The highest BCUT2D eigenvalue weighted by molar-refractivity contribution is 6.60. The number of unbranched alkanes of at least 4 members (excludes halogenated alkanes) is 7. The quantitative estimate of drug-likeness (QED) is 0.154. The molecule has 3 nitrogen and oxygen atoms in total. The Morgan fingerprint density at radius 3 is 1.80 bits per heavy atom. The second-order valence-electron chi connectivity index (χ2n) is 7.59. The summed E-state index contributed by atoms with van der Waals surface area (Å²) in [5, 5.41) is 0. The van der Waals surface area contributed by atoms with Gasteiger partial charge < -0.3 is 13.3 Å². The van der Waals surface area contributed by atoms with Crippen LogP contribution in [0.2, 0.25) is 6.04 Å². The van der Waals surface area contributed by atoms with Crippen LogP contribution in [0.4, 0.5) is 0 Å². The number of hydrogen-bond acceptors (Lipinski definition) is 3. The molecule has 0 rings (SSSR count). The number of hydrogen-bond donors (Lipinski definition) is 0. The summed E-state index contributed by atoms with van der Waals surface area (Å²) < 4.78 is 16.5. The van der Waals surface area contributed by atoms with Crippen molar-refractivity contribution in [3.05, 3.63) is 0 Å². The van der Waals surface area contributed by atoms with Gasteiger partial charge in [-0.25, -0.2) is 0 Å². The zero-order chi connectivity index (χ0) is 19.2. The molecule has 0 spiro atoms. The van der Waals surface area contributed by atoms with Crippen molar-refractivity contribution < 1.29 is 13.3 Å². The highest BCUT2D eigenvalue weighted by atomic mass is 35.5. The van der Waals surface area contributed by atoms with Crippen LogP contribution in [0.5, 0.6) is 0 Å². The highest BCUT2D eigenvalue weighted by Gasteiger charge is 2.38. The molecule has 0 saturated carbocycles. The van der Waals surface area contributed by atoms with E-state index in [4.69, 9.17) is 24.9 Å². The monoisotopic (exact) mass is 394 g/mol. The van der Waals surface area contributed by atoms with Crippen LogP contribution in [-0.4, -0.2) is 35.0 Å². The van der Waals surface area contributed by atoms with E-state index in [9.17, 15) is 0 Å². The van der Waals surface area contributed by atoms with Gasteiger partial charge in [0.05, 0.1) is 0 Å². The molecule has 0 radical (unpaired) electrons. The molecule has 2 atom stereocenters. The first-order valence-electron chi connectivity index (χ1n) is 10.2. The second kappa shape index (κ2) is 14.4. The lowest BCUT2D eigenvalue weighted by atomic mass is 9.86. The van der Waals surface area contributed by atoms with Crippen LogP contribution in [0, 0.1) is 5.92 Å². The Morgan fingerprint density at radius 1 is 0.840 bits per heavy atom. The second-order valence-corrected chi connectivity index (χ2v) is 11.5. The van der Waals surface area contributed by atoms with Gasteiger partial charge in [0, 0.05) is 32.2 Å². The summed E-state index contributed by atoms with van der Waals surface area (Å²) in [5.41, 5.74) is 0. The molecule has 2 unspecified atom stereocenters. The summed E-state index contributed by atoms with van der Waals surface area (Å²) in [4.78, 5) is -0.156. The molecular weight excluding hydrogens is 352 g/mol. The number of alkyl halides is 1. The van der Waals surface area contributed by atoms with Gasteiger partial charge in [-0.1, -0.05) is 65.2 Å². The predicted molar refractivity (Wildman–Crippen MR) is 111 cm³/mol. The van der Waals surface area contributed by atoms with Crippen molar-refractivity contribution in [2.75, 3.05) is 21.3 Å².